The standard InChI is InChI=1S/C25H40N2O6.C2H6/c1-7-10-19(13-12-18(2)33-16-9-15-32-6)17-21(28)26-22(25(3,4)5)23(29)27-14-8-11-20(27)24(30)31;1-2/h7,10,12-13,19-20,22H,2,8-9,11,14-17H2,1,3-6H3,(H,26,28)(H,30,31);1-2H3/b10-7-,13-12?;. The van der Waals surface area contributed by atoms with Gasteiger partial charge in [-0.2, -0.15) is 0 Å². The third-order valence-electron chi connectivity index (χ3n) is 5.41. The number of hydrogen-bond donors (Lipinski definition) is 2. The molecule has 0 aromatic heterocycles. The lowest BCUT2D eigenvalue weighted by molar-refractivity contribution is -0.150. The SMILES string of the molecule is C=C(C=CC(/C=C\C)CC(=O)NC(C(=O)N1CCCC1C(=O)O)C(C)(C)C)OCCCOC.CC. The van der Waals surface area contributed by atoms with Crippen molar-refractivity contribution in [2.45, 2.75) is 79.3 Å². The number of methoxy groups -OCH3 is 1. The summed E-state index contributed by atoms with van der Waals surface area (Å²) in [6, 6.07) is -1.66. The highest BCUT2D eigenvalue weighted by molar-refractivity contribution is 5.91. The van der Waals surface area contributed by atoms with Crippen molar-refractivity contribution >= 4 is 17.8 Å². The molecule has 0 aromatic rings. The van der Waals surface area contributed by atoms with E-state index in [4.69, 9.17) is 9.47 Å². The summed E-state index contributed by atoms with van der Waals surface area (Å²) in [4.78, 5) is 39.0. The molecule has 3 atom stereocenters. The van der Waals surface area contributed by atoms with E-state index in [0.29, 0.717) is 38.4 Å². The summed E-state index contributed by atoms with van der Waals surface area (Å²) in [6.45, 7) is 16.8. The molecule has 1 aliphatic rings. The number of aliphatic carboxylic acids is 1. The first kappa shape index (κ1) is 32.4. The molecule has 0 spiro atoms. The Morgan fingerprint density at radius 3 is 2.40 bits per heavy atom. The van der Waals surface area contributed by atoms with Crippen LogP contribution in [0.5, 0.6) is 0 Å². The van der Waals surface area contributed by atoms with Crippen LogP contribution in [-0.2, 0) is 23.9 Å². The van der Waals surface area contributed by atoms with Crippen LogP contribution in [0.2, 0.25) is 0 Å². The molecule has 200 valence electrons. The summed E-state index contributed by atoms with van der Waals surface area (Å²) in [5, 5.41) is 12.3. The fourth-order valence-corrected chi connectivity index (χ4v) is 3.67. The number of carboxylic acid groups (broad SMARTS) is 1. The van der Waals surface area contributed by atoms with Crippen LogP contribution in [0.25, 0.3) is 0 Å². The molecule has 35 heavy (non-hydrogen) atoms. The maximum absolute atomic E-state index is 13.2. The van der Waals surface area contributed by atoms with E-state index >= 15 is 0 Å². The van der Waals surface area contributed by atoms with Gasteiger partial charge in [0.05, 0.1) is 6.61 Å². The second-order valence-electron chi connectivity index (χ2n) is 9.31. The van der Waals surface area contributed by atoms with Crippen LogP contribution in [0.1, 0.15) is 67.2 Å². The Bertz CT molecular complexity index is 738. The average Bonchev–Trinajstić information content (AvgIpc) is 3.29. The minimum Gasteiger partial charge on any atom is -0.494 e. The lowest BCUT2D eigenvalue weighted by atomic mass is 9.85. The van der Waals surface area contributed by atoms with Crippen LogP contribution in [0.3, 0.4) is 0 Å². The quantitative estimate of drug-likeness (QED) is 0.171. The van der Waals surface area contributed by atoms with Crippen molar-refractivity contribution in [1.82, 2.24) is 10.2 Å². The number of hydrogen-bond acceptors (Lipinski definition) is 5. The monoisotopic (exact) mass is 494 g/mol. The molecular weight excluding hydrogens is 448 g/mol. The molecule has 0 radical (unpaired) electrons. The van der Waals surface area contributed by atoms with Gasteiger partial charge in [0.25, 0.3) is 0 Å². The van der Waals surface area contributed by atoms with Gasteiger partial charge in [-0.05, 0) is 31.3 Å². The molecule has 1 aliphatic heterocycles. The number of rotatable bonds is 13. The maximum atomic E-state index is 13.2. The van der Waals surface area contributed by atoms with Crippen molar-refractivity contribution in [2.75, 3.05) is 26.9 Å². The number of carboxylic acids is 1. The number of carbonyl (C=O) groups excluding carboxylic acids is 2. The molecule has 0 bridgehead atoms. The third kappa shape index (κ3) is 12.1. The van der Waals surface area contributed by atoms with E-state index < -0.39 is 23.5 Å². The topological polar surface area (TPSA) is 105 Å². The van der Waals surface area contributed by atoms with Gasteiger partial charge in [0.15, 0.2) is 0 Å². The molecule has 0 aromatic carbocycles. The van der Waals surface area contributed by atoms with Gasteiger partial charge in [-0.25, -0.2) is 4.79 Å². The summed E-state index contributed by atoms with van der Waals surface area (Å²) >= 11 is 0. The number of amides is 2. The van der Waals surface area contributed by atoms with Crippen LogP contribution < -0.4 is 5.32 Å². The van der Waals surface area contributed by atoms with Crippen LogP contribution in [0.4, 0.5) is 0 Å². The first-order valence-corrected chi connectivity index (χ1v) is 12.5. The van der Waals surface area contributed by atoms with Gasteiger partial charge in [-0.1, -0.05) is 59.4 Å². The van der Waals surface area contributed by atoms with Crippen molar-refractivity contribution in [3.63, 3.8) is 0 Å². The first-order valence-electron chi connectivity index (χ1n) is 12.5. The van der Waals surface area contributed by atoms with Crippen molar-refractivity contribution < 1.29 is 29.0 Å². The van der Waals surface area contributed by atoms with Gasteiger partial charge in [0, 0.05) is 39.0 Å². The van der Waals surface area contributed by atoms with Gasteiger partial charge < -0.3 is 24.8 Å². The third-order valence-corrected chi connectivity index (χ3v) is 5.41. The largest absolute Gasteiger partial charge is 0.494 e. The molecule has 8 heteroatoms. The van der Waals surface area contributed by atoms with Crippen LogP contribution in [-0.4, -0.2) is 66.7 Å². The van der Waals surface area contributed by atoms with Crippen molar-refractivity contribution in [3.8, 4) is 0 Å². The molecule has 2 N–H and O–H groups in total. The number of likely N-dealkylation sites (tertiary alicyclic amines) is 1. The minimum atomic E-state index is -1.01. The number of nitrogens with one attached hydrogen (secondary N) is 1. The first-order chi connectivity index (χ1) is 16.5. The normalized spacial score (nSPS) is 17.6. The fraction of sp³-hybridized carbons (Fsp3) is 0.667. The van der Waals surface area contributed by atoms with Crippen molar-refractivity contribution in [2.24, 2.45) is 11.3 Å². The highest BCUT2D eigenvalue weighted by Gasteiger charge is 2.41. The number of nitrogens with zero attached hydrogens (tertiary/aromatic N) is 1. The van der Waals surface area contributed by atoms with Crippen LogP contribution in [0, 0.1) is 11.3 Å². The summed E-state index contributed by atoms with van der Waals surface area (Å²) in [5.74, 6) is -1.35. The zero-order valence-electron chi connectivity index (χ0n) is 22.6. The van der Waals surface area contributed by atoms with E-state index in [1.165, 1.54) is 4.90 Å². The molecule has 8 nitrogen and oxygen atoms in total. The molecule has 1 saturated heterocycles. The van der Waals surface area contributed by atoms with Gasteiger partial charge in [-0.3, -0.25) is 9.59 Å². The molecule has 1 heterocycles. The summed E-state index contributed by atoms with van der Waals surface area (Å²) in [7, 11) is 1.63. The molecule has 2 amide bonds. The van der Waals surface area contributed by atoms with E-state index in [0.717, 1.165) is 6.42 Å². The van der Waals surface area contributed by atoms with Gasteiger partial charge in [0.2, 0.25) is 11.8 Å². The molecule has 1 fully saturated rings. The summed E-state index contributed by atoms with van der Waals surface area (Å²) in [6.07, 6.45) is 9.29. The second kappa shape index (κ2) is 16.9. The molecule has 1 rings (SSSR count). The highest BCUT2D eigenvalue weighted by atomic mass is 16.5. The number of ether oxygens (including phenoxy) is 2. The zero-order valence-corrected chi connectivity index (χ0v) is 22.6. The Labute approximate surface area is 211 Å². The Balaban J connectivity index is 0.00000562. The molecule has 0 saturated carbocycles. The lowest BCUT2D eigenvalue weighted by Crippen LogP contribution is -2.56. The number of allylic oxidation sites excluding steroid dienone is 4. The Morgan fingerprint density at radius 2 is 1.86 bits per heavy atom. The van der Waals surface area contributed by atoms with Crippen molar-refractivity contribution in [3.05, 3.63) is 36.6 Å². The Hall–Kier alpha value is -2.61. The van der Waals surface area contributed by atoms with E-state index in [9.17, 15) is 19.5 Å². The highest BCUT2D eigenvalue weighted by Crippen LogP contribution is 2.26. The number of carbonyl (C=O) groups is 3. The smallest absolute Gasteiger partial charge is 0.326 e. The zero-order chi connectivity index (χ0) is 27.0. The summed E-state index contributed by atoms with van der Waals surface area (Å²) < 4.78 is 10.5. The van der Waals surface area contributed by atoms with Gasteiger partial charge >= 0.3 is 5.97 Å². The van der Waals surface area contributed by atoms with E-state index in [1.807, 2.05) is 59.8 Å². The lowest BCUT2D eigenvalue weighted by Gasteiger charge is -2.35. The Kier molecular flexibility index (Phi) is 15.7. The van der Waals surface area contributed by atoms with Gasteiger partial charge in [0.1, 0.15) is 17.8 Å². The van der Waals surface area contributed by atoms with E-state index in [-0.39, 0.29) is 24.2 Å². The van der Waals surface area contributed by atoms with E-state index in [2.05, 4.69) is 11.9 Å². The second-order valence-corrected chi connectivity index (χ2v) is 9.31. The predicted molar refractivity (Wildman–Crippen MR) is 139 cm³/mol. The van der Waals surface area contributed by atoms with Crippen LogP contribution >= 0.6 is 0 Å². The fourth-order valence-electron chi connectivity index (χ4n) is 3.67. The maximum Gasteiger partial charge on any atom is 0.326 e. The van der Waals surface area contributed by atoms with E-state index in [1.54, 1.807) is 13.2 Å². The average molecular weight is 495 g/mol. The summed E-state index contributed by atoms with van der Waals surface area (Å²) in [5.41, 5.74) is -0.575. The molecule has 0 aliphatic carbocycles. The molecule has 3 unspecified atom stereocenters. The molecular formula is C27H46N2O6. The van der Waals surface area contributed by atoms with Gasteiger partial charge in [-0.15, -0.1) is 0 Å². The van der Waals surface area contributed by atoms with Crippen LogP contribution in [0.15, 0.2) is 36.6 Å². The van der Waals surface area contributed by atoms with Crippen molar-refractivity contribution in [1.29, 1.82) is 0 Å². The predicted octanol–water partition coefficient (Wildman–Crippen LogP) is 4.32. The minimum absolute atomic E-state index is 0.139. The Morgan fingerprint density at radius 1 is 1.20 bits per heavy atom.